The SMILES string of the molecule is O=C(Nc1cccc(CS(=O)(=O)C2CCCCC2)c1)C1(c2ccccc2)CCC1. The van der Waals surface area contributed by atoms with E-state index in [9.17, 15) is 13.2 Å². The topological polar surface area (TPSA) is 63.2 Å². The van der Waals surface area contributed by atoms with Crippen LogP contribution >= 0.6 is 0 Å². The smallest absolute Gasteiger partial charge is 0.235 e. The molecule has 4 rings (SSSR count). The first-order chi connectivity index (χ1) is 14.0. The molecule has 5 heteroatoms. The van der Waals surface area contributed by atoms with Gasteiger partial charge in [-0.1, -0.05) is 68.1 Å². The minimum Gasteiger partial charge on any atom is -0.325 e. The Morgan fingerprint density at radius 1 is 0.931 bits per heavy atom. The van der Waals surface area contributed by atoms with Gasteiger partial charge in [0.25, 0.3) is 0 Å². The summed E-state index contributed by atoms with van der Waals surface area (Å²) in [5.74, 6) is 0.0489. The molecule has 0 aliphatic heterocycles. The second kappa shape index (κ2) is 8.31. The first-order valence-corrected chi connectivity index (χ1v) is 12.4. The zero-order valence-corrected chi connectivity index (χ0v) is 17.6. The van der Waals surface area contributed by atoms with Crippen molar-refractivity contribution in [3.8, 4) is 0 Å². The Bertz CT molecular complexity index is 959. The molecular weight excluding hydrogens is 382 g/mol. The van der Waals surface area contributed by atoms with Gasteiger partial charge in [-0.2, -0.15) is 0 Å². The van der Waals surface area contributed by atoms with Gasteiger partial charge < -0.3 is 5.32 Å². The summed E-state index contributed by atoms with van der Waals surface area (Å²) in [6.45, 7) is 0. The standard InChI is InChI=1S/C24H29NO3S/c26-23(24(15-8-16-24)20-10-3-1-4-11-20)25-21-12-7-9-19(17-21)18-29(27,28)22-13-5-2-6-14-22/h1,3-4,7,9-12,17,22H,2,5-6,8,13-16,18H2,(H,25,26). The lowest BCUT2D eigenvalue weighted by Crippen LogP contribution is -2.46. The van der Waals surface area contributed by atoms with Gasteiger partial charge >= 0.3 is 0 Å². The van der Waals surface area contributed by atoms with Gasteiger partial charge in [0.15, 0.2) is 9.84 Å². The molecule has 0 radical (unpaired) electrons. The van der Waals surface area contributed by atoms with Crippen molar-refractivity contribution in [3.63, 3.8) is 0 Å². The molecule has 4 nitrogen and oxygen atoms in total. The lowest BCUT2D eigenvalue weighted by atomic mass is 9.64. The van der Waals surface area contributed by atoms with E-state index in [1.165, 1.54) is 0 Å². The minimum absolute atomic E-state index is 0.00207. The minimum atomic E-state index is -3.16. The Morgan fingerprint density at radius 2 is 1.66 bits per heavy atom. The highest BCUT2D eigenvalue weighted by molar-refractivity contribution is 7.91. The van der Waals surface area contributed by atoms with Crippen molar-refractivity contribution in [2.24, 2.45) is 0 Å². The summed E-state index contributed by atoms with van der Waals surface area (Å²) in [5.41, 5.74) is 2.01. The summed E-state index contributed by atoms with van der Waals surface area (Å²) in [6.07, 6.45) is 7.43. The van der Waals surface area contributed by atoms with Crippen molar-refractivity contribution in [2.75, 3.05) is 5.32 Å². The van der Waals surface area contributed by atoms with Crippen LogP contribution < -0.4 is 5.32 Å². The molecule has 2 aliphatic carbocycles. The predicted octanol–water partition coefficient (Wildman–Crippen LogP) is 4.99. The molecule has 0 bridgehead atoms. The summed E-state index contributed by atoms with van der Waals surface area (Å²) in [7, 11) is -3.16. The highest BCUT2D eigenvalue weighted by Gasteiger charge is 2.45. The largest absolute Gasteiger partial charge is 0.325 e. The Labute approximate surface area is 173 Å². The van der Waals surface area contributed by atoms with Crippen LogP contribution in [0.2, 0.25) is 0 Å². The molecule has 154 valence electrons. The van der Waals surface area contributed by atoms with Gasteiger partial charge in [-0.15, -0.1) is 0 Å². The van der Waals surface area contributed by atoms with Crippen LogP contribution in [-0.4, -0.2) is 19.6 Å². The predicted molar refractivity (Wildman–Crippen MR) is 117 cm³/mol. The van der Waals surface area contributed by atoms with Crippen molar-refractivity contribution >= 4 is 21.4 Å². The molecule has 0 spiro atoms. The molecule has 0 atom stereocenters. The lowest BCUT2D eigenvalue weighted by molar-refractivity contribution is -0.124. The Balaban J connectivity index is 1.48. The molecule has 1 N–H and O–H groups in total. The maximum absolute atomic E-state index is 13.1. The van der Waals surface area contributed by atoms with Crippen LogP contribution in [0.3, 0.4) is 0 Å². The van der Waals surface area contributed by atoms with E-state index in [0.717, 1.165) is 62.5 Å². The fourth-order valence-corrected chi connectivity index (χ4v) is 6.63. The molecule has 0 aromatic heterocycles. The van der Waals surface area contributed by atoms with Crippen LogP contribution in [0.4, 0.5) is 5.69 Å². The highest BCUT2D eigenvalue weighted by atomic mass is 32.2. The van der Waals surface area contributed by atoms with Gasteiger partial charge in [-0.05, 0) is 48.9 Å². The molecule has 2 fully saturated rings. The van der Waals surface area contributed by atoms with E-state index in [2.05, 4.69) is 5.32 Å². The second-order valence-corrected chi connectivity index (χ2v) is 10.8. The number of rotatable bonds is 6. The van der Waals surface area contributed by atoms with E-state index >= 15 is 0 Å². The molecule has 0 unspecified atom stereocenters. The number of amides is 1. The van der Waals surface area contributed by atoms with Crippen LogP contribution in [-0.2, 0) is 25.8 Å². The number of carbonyl (C=O) groups excluding carboxylic acids is 1. The first-order valence-electron chi connectivity index (χ1n) is 10.7. The molecule has 1 amide bonds. The molecule has 2 aliphatic rings. The maximum atomic E-state index is 13.1. The molecule has 2 saturated carbocycles. The quantitative estimate of drug-likeness (QED) is 0.728. The van der Waals surface area contributed by atoms with Gasteiger partial charge in [0.1, 0.15) is 0 Å². The summed E-state index contributed by atoms with van der Waals surface area (Å²) >= 11 is 0. The molecule has 0 heterocycles. The lowest BCUT2D eigenvalue weighted by Gasteiger charge is -2.40. The average Bonchev–Trinajstić information content (AvgIpc) is 2.69. The van der Waals surface area contributed by atoms with Crippen LogP contribution in [0.25, 0.3) is 0 Å². The van der Waals surface area contributed by atoms with E-state index in [1.54, 1.807) is 0 Å². The van der Waals surface area contributed by atoms with Crippen LogP contribution in [0.1, 0.15) is 62.5 Å². The molecule has 0 saturated heterocycles. The van der Waals surface area contributed by atoms with E-state index in [1.807, 2.05) is 54.6 Å². The number of anilines is 1. The number of sulfone groups is 1. The summed E-state index contributed by atoms with van der Waals surface area (Å²) < 4.78 is 25.6. The van der Waals surface area contributed by atoms with E-state index in [0.29, 0.717) is 5.69 Å². The summed E-state index contributed by atoms with van der Waals surface area (Å²) in [4.78, 5) is 13.1. The van der Waals surface area contributed by atoms with E-state index in [4.69, 9.17) is 0 Å². The number of hydrogen-bond acceptors (Lipinski definition) is 3. The molecular formula is C24H29NO3S. The van der Waals surface area contributed by atoms with Crippen LogP contribution in [0.15, 0.2) is 54.6 Å². The van der Waals surface area contributed by atoms with Crippen LogP contribution in [0, 0.1) is 0 Å². The molecule has 2 aromatic rings. The fourth-order valence-electron chi connectivity index (χ4n) is 4.70. The zero-order chi connectivity index (χ0) is 20.3. The molecule has 29 heavy (non-hydrogen) atoms. The Kier molecular flexibility index (Phi) is 5.77. The van der Waals surface area contributed by atoms with Crippen molar-refractivity contribution < 1.29 is 13.2 Å². The van der Waals surface area contributed by atoms with Gasteiger partial charge in [0.05, 0.1) is 16.4 Å². The van der Waals surface area contributed by atoms with Crippen molar-refractivity contribution in [1.29, 1.82) is 0 Å². The third-order valence-electron chi connectivity index (χ3n) is 6.58. The number of nitrogens with one attached hydrogen (secondary N) is 1. The first kappa shape index (κ1) is 20.1. The van der Waals surface area contributed by atoms with Gasteiger partial charge in [0, 0.05) is 5.69 Å². The van der Waals surface area contributed by atoms with E-state index < -0.39 is 15.3 Å². The van der Waals surface area contributed by atoms with E-state index in [-0.39, 0.29) is 16.9 Å². The van der Waals surface area contributed by atoms with Crippen molar-refractivity contribution in [2.45, 2.75) is 67.8 Å². The van der Waals surface area contributed by atoms with Crippen molar-refractivity contribution in [3.05, 3.63) is 65.7 Å². The Morgan fingerprint density at radius 3 is 2.31 bits per heavy atom. The monoisotopic (exact) mass is 411 g/mol. The van der Waals surface area contributed by atoms with Gasteiger partial charge in [-0.3, -0.25) is 4.79 Å². The normalized spacial score (nSPS) is 19.3. The third kappa shape index (κ3) is 4.25. The number of benzene rings is 2. The summed E-state index contributed by atoms with van der Waals surface area (Å²) in [5, 5.41) is 2.84. The fraction of sp³-hybridized carbons (Fsp3) is 0.458. The van der Waals surface area contributed by atoms with Crippen molar-refractivity contribution in [1.82, 2.24) is 0 Å². The van der Waals surface area contributed by atoms with Crippen LogP contribution in [0.5, 0.6) is 0 Å². The maximum Gasteiger partial charge on any atom is 0.235 e. The number of carbonyl (C=O) groups is 1. The zero-order valence-electron chi connectivity index (χ0n) is 16.8. The Hall–Kier alpha value is -2.14. The summed E-state index contributed by atoms with van der Waals surface area (Å²) in [6, 6.07) is 17.3. The van der Waals surface area contributed by atoms with Gasteiger partial charge in [-0.25, -0.2) is 8.42 Å². The van der Waals surface area contributed by atoms with Gasteiger partial charge in [0.2, 0.25) is 5.91 Å². The highest BCUT2D eigenvalue weighted by Crippen LogP contribution is 2.44. The number of hydrogen-bond donors (Lipinski definition) is 1. The molecule has 2 aromatic carbocycles. The second-order valence-electron chi connectivity index (χ2n) is 8.52. The third-order valence-corrected chi connectivity index (χ3v) is 8.80. The average molecular weight is 412 g/mol.